The smallest absolute Gasteiger partial charge is 0.294 e. The molecule has 11 heteroatoms. The summed E-state index contributed by atoms with van der Waals surface area (Å²) in [6.07, 6.45) is 6.74. The van der Waals surface area contributed by atoms with Crippen molar-refractivity contribution in [3.63, 3.8) is 0 Å². The second-order valence-corrected chi connectivity index (χ2v) is 19.5. The summed E-state index contributed by atoms with van der Waals surface area (Å²) in [5.74, 6) is -0.900. The van der Waals surface area contributed by atoms with E-state index in [-0.39, 0.29) is 17.9 Å². The highest BCUT2D eigenvalue weighted by molar-refractivity contribution is 7.86. The second-order valence-electron chi connectivity index (χ2n) is 16.5. The van der Waals surface area contributed by atoms with Crippen molar-refractivity contribution in [2.24, 2.45) is 0 Å². The lowest BCUT2D eigenvalue weighted by atomic mass is 9.82. The number of anilines is 3. The zero-order chi connectivity index (χ0) is 45.4. The highest BCUT2D eigenvalue weighted by Crippen LogP contribution is 2.45. The van der Waals surface area contributed by atoms with Crippen LogP contribution in [0.3, 0.4) is 0 Å². The summed E-state index contributed by atoms with van der Waals surface area (Å²) in [6.45, 7) is 12.0. The molecule has 0 fully saturated rings. The molecule has 0 saturated carbocycles. The minimum atomic E-state index is -4.61. The van der Waals surface area contributed by atoms with Crippen molar-refractivity contribution in [3.05, 3.63) is 179 Å². The fraction of sp³-hybridized carbons (Fsp3) is 0.283. The van der Waals surface area contributed by atoms with Gasteiger partial charge in [-0.3, -0.25) is 9.11 Å². The Kier molecular flexibility index (Phi) is 14.5. The molecule has 64 heavy (non-hydrogen) atoms. The molecule has 2 N–H and O–H groups in total. The zero-order valence-corrected chi connectivity index (χ0v) is 38.4. The maximum absolute atomic E-state index is 12.8. The third-order valence-corrected chi connectivity index (χ3v) is 13.4. The third-order valence-electron chi connectivity index (χ3n) is 11.8. The van der Waals surface area contributed by atoms with Gasteiger partial charge in [0.15, 0.2) is 0 Å². The lowest BCUT2D eigenvalue weighted by Gasteiger charge is -2.28. The van der Waals surface area contributed by atoms with E-state index in [2.05, 4.69) is 109 Å². The van der Waals surface area contributed by atoms with Gasteiger partial charge in [0.25, 0.3) is 20.2 Å². The molecular weight excluding hydrogens is 839 g/mol. The summed E-state index contributed by atoms with van der Waals surface area (Å²) in [7, 11) is -8.88. The maximum atomic E-state index is 12.8. The molecule has 5 aromatic carbocycles. The zero-order valence-electron chi connectivity index (χ0n) is 36.7. The number of hydrogen-bond donors (Lipinski definition) is 2. The van der Waals surface area contributed by atoms with E-state index in [1.807, 2.05) is 53.1 Å². The molecule has 330 valence electrons. The minimum absolute atomic E-state index is 0.0950. The first-order valence-corrected chi connectivity index (χ1v) is 24.9. The van der Waals surface area contributed by atoms with E-state index in [9.17, 15) is 25.9 Å². The van der Waals surface area contributed by atoms with Crippen molar-refractivity contribution >= 4 is 48.2 Å². The average Bonchev–Trinajstić information content (AvgIpc) is 3.60. The average molecular weight is 894 g/mol. The SMILES string of the molecule is C=CCCN(c1c#cc(C(CC2=C=C=C(N(CCCC)c3ccc(C)cc3)CC2)c2c(-c3ccccc3)n(CCCS(=O)(=O)O)c3ccc(S(=O)(=O)O)cc23)cc1)c1ccc(C)cc1. The summed E-state index contributed by atoms with van der Waals surface area (Å²) < 4.78 is 71.6. The highest BCUT2D eigenvalue weighted by atomic mass is 32.2. The number of benzene rings is 4. The number of aryl methyl sites for hydroxylation is 3. The molecule has 0 aliphatic heterocycles. The molecule has 1 aliphatic carbocycles. The van der Waals surface area contributed by atoms with Crippen LogP contribution in [0.15, 0.2) is 149 Å². The lowest BCUT2D eigenvalue weighted by molar-refractivity contribution is 0.477. The van der Waals surface area contributed by atoms with E-state index >= 15 is 0 Å². The largest absolute Gasteiger partial charge is 0.340 e. The summed E-state index contributed by atoms with van der Waals surface area (Å²) in [5, 5.41) is 0.581. The van der Waals surface area contributed by atoms with E-state index < -0.39 is 31.9 Å². The van der Waals surface area contributed by atoms with Crippen molar-refractivity contribution in [1.82, 2.24) is 4.57 Å². The van der Waals surface area contributed by atoms with Gasteiger partial charge < -0.3 is 14.4 Å². The standard InChI is InChI=1S/C53H55N3O6S2/c1-5-7-33-54(44-23-15-39(3)16-24-44)46-27-19-41(20-28-46)37-49(42-21-29-47(30-22-42)55(34-8-6-2)45-25-17-40(4)18-26-45)52-50-38-48(64(60,61)62)31-32-51(50)56(35-12-36-63(57,58)59)53(52)43-13-10-9-11-14-43/h6,9-11,13-18,21,23-26,29,31-32,38,49H,2,5,7-8,12,19,27,33-37H2,1,3-4H3,(H,57,58,59)(H,60,61,62). The Bertz CT molecular complexity index is 2930. The Labute approximate surface area is 378 Å². The van der Waals surface area contributed by atoms with Gasteiger partial charge in [0, 0.05) is 59.8 Å². The molecule has 1 unspecified atom stereocenters. The monoisotopic (exact) mass is 893 g/mol. The molecule has 1 aliphatic rings. The molecule has 9 nitrogen and oxygen atoms in total. The quantitative estimate of drug-likeness (QED) is 0.0442. The first kappa shape index (κ1) is 45.9. The van der Waals surface area contributed by atoms with Crippen LogP contribution in [0.4, 0.5) is 17.1 Å². The van der Waals surface area contributed by atoms with Crippen molar-refractivity contribution in [2.75, 3.05) is 28.6 Å². The number of fused-ring (bicyclic) bond motifs is 1. The topological polar surface area (TPSA) is 120 Å². The van der Waals surface area contributed by atoms with Gasteiger partial charge >= 0.3 is 0 Å². The fourth-order valence-electron chi connectivity index (χ4n) is 8.49. The molecule has 0 radical (unpaired) electrons. The Morgan fingerprint density at radius 3 is 2.05 bits per heavy atom. The van der Waals surface area contributed by atoms with Gasteiger partial charge in [-0.25, -0.2) is 0 Å². The molecule has 1 heterocycles. The summed E-state index contributed by atoms with van der Waals surface area (Å²) in [4.78, 5) is 4.26. The van der Waals surface area contributed by atoms with Crippen LogP contribution in [0.2, 0.25) is 0 Å². The van der Waals surface area contributed by atoms with E-state index in [0.29, 0.717) is 30.3 Å². The van der Waals surface area contributed by atoms with E-state index in [1.54, 1.807) is 6.07 Å². The second kappa shape index (κ2) is 20.2. The minimum Gasteiger partial charge on any atom is -0.340 e. The third kappa shape index (κ3) is 11.0. The highest BCUT2D eigenvalue weighted by Gasteiger charge is 2.30. The molecule has 0 amide bonds. The summed E-state index contributed by atoms with van der Waals surface area (Å²) in [6, 6.07) is 42.2. The molecule has 6 aromatic rings. The van der Waals surface area contributed by atoms with E-state index in [1.165, 1.54) is 17.7 Å². The summed E-state index contributed by atoms with van der Waals surface area (Å²) in [5.41, 5.74) is 18.3. The van der Waals surface area contributed by atoms with Crippen LogP contribution in [0, 0.1) is 26.0 Å². The van der Waals surface area contributed by atoms with Gasteiger partial charge in [-0.2, -0.15) is 16.8 Å². The van der Waals surface area contributed by atoms with E-state index in [0.717, 1.165) is 88.5 Å². The number of hydrogen-bond acceptors (Lipinski definition) is 6. The maximum Gasteiger partial charge on any atom is 0.294 e. The number of aromatic nitrogens is 1. The first-order chi connectivity index (χ1) is 30.7. The van der Waals surface area contributed by atoms with Crippen LogP contribution >= 0.6 is 0 Å². The van der Waals surface area contributed by atoms with Crippen molar-refractivity contribution in [2.45, 2.75) is 83.1 Å². The van der Waals surface area contributed by atoms with Gasteiger partial charge in [-0.15, -0.1) is 6.58 Å². The van der Waals surface area contributed by atoms with Gasteiger partial charge in [-0.05, 0) is 129 Å². The normalized spacial score (nSPS) is 13.3. The van der Waals surface area contributed by atoms with Gasteiger partial charge in [0.05, 0.1) is 27.7 Å². The predicted octanol–water partition coefficient (Wildman–Crippen LogP) is 12.0. The van der Waals surface area contributed by atoms with Crippen molar-refractivity contribution in [3.8, 4) is 11.3 Å². The van der Waals surface area contributed by atoms with Crippen LogP contribution in [0.1, 0.15) is 80.0 Å². The lowest BCUT2D eigenvalue weighted by Crippen LogP contribution is -2.24. The number of allylic oxidation sites excluding steroid dienone is 2. The fourth-order valence-corrected chi connectivity index (χ4v) is 9.49. The Hall–Kier alpha value is -6.08. The molecule has 0 spiro atoms. The van der Waals surface area contributed by atoms with Crippen LogP contribution in [-0.2, 0) is 26.8 Å². The summed E-state index contributed by atoms with van der Waals surface area (Å²) >= 11 is 0. The Balaban J connectivity index is 1.45. The van der Waals surface area contributed by atoms with Crippen molar-refractivity contribution in [1.29, 1.82) is 0 Å². The molecular formula is C53H55N3O6S2. The predicted molar refractivity (Wildman–Crippen MR) is 259 cm³/mol. The number of unbranched alkanes of at least 4 members (excludes halogenated alkanes) is 1. The first-order valence-electron chi connectivity index (χ1n) is 21.8. The molecule has 7 rings (SSSR count). The van der Waals surface area contributed by atoms with Crippen LogP contribution < -0.4 is 9.80 Å². The number of nitrogens with zero attached hydrogens (tertiary/aromatic N) is 3. The van der Waals surface area contributed by atoms with Gasteiger partial charge in [0.1, 0.15) is 0 Å². The van der Waals surface area contributed by atoms with Crippen molar-refractivity contribution < 1.29 is 25.9 Å². The Morgan fingerprint density at radius 2 is 1.47 bits per heavy atom. The van der Waals surface area contributed by atoms with Gasteiger partial charge in [-0.1, -0.05) is 96.9 Å². The Morgan fingerprint density at radius 1 is 0.781 bits per heavy atom. The van der Waals surface area contributed by atoms with E-state index in [4.69, 9.17) is 0 Å². The number of rotatable bonds is 20. The molecule has 0 saturated heterocycles. The van der Waals surface area contributed by atoms with Gasteiger partial charge in [0.2, 0.25) is 0 Å². The van der Waals surface area contributed by atoms with Crippen LogP contribution in [0.25, 0.3) is 22.2 Å². The molecule has 0 bridgehead atoms. The van der Waals surface area contributed by atoms with Crippen LogP contribution in [-0.4, -0.2) is 49.4 Å². The van der Waals surface area contributed by atoms with Crippen LogP contribution in [0.5, 0.6) is 0 Å². The molecule has 1 aromatic heterocycles. The molecule has 1 atom stereocenters.